The monoisotopic (exact) mass is 352 g/mol. The van der Waals surface area contributed by atoms with Gasteiger partial charge in [-0.1, -0.05) is 6.07 Å². The van der Waals surface area contributed by atoms with Crippen LogP contribution in [0.3, 0.4) is 0 Å². The molecule has 0 unspecified atom stereocenters. The van der Waals surface area contributed by atoms with E-state index < -0.39 is 0 Å². The van der Waals surface area contributed by atoms with Gasteiger partial charge in [0.15, 0.2) is 0 Å². The summed E-state index contributed by atoms with van der Waals surface area (Å²) in [5.41, 5.74) is 2.83. The largest absolute Gasteiger partial charge is 0.326 e. The molecule has 7 heteroatoms. The highest BCUT2D eigenvalue weighted by atomic mass is 32.1. The van der Waals surface area contributed by atoms with Crippen LogP contribution >= 0.6 is 11.3 Å². The Morgan fingerprint density at radius 3 is 2.40 bits per heavy atom. The second-order valence-electron chi connectivity index (χ2n) is 5.39. The summed E-state index contributed by atoms with van der Waals surface area (Å²) in [5, 5.41) is 6.31. The zero-order chi connectivity index (χ0) is 17.8. The molecule has 1 aromatic carbocycles. The van der Waals surface area contributed by atoms with Gasteiger partial charge in [-0.05, 0) is 37.3 Å². The molecule has 3 rings (SSSR count). The lowest BCUT2D eigenvalue weighted by molar-refractivity contribution is -0.114. The molecule has 2 amide bonds. The number of carbonyl (C=O) groups excluding carboxylic acids is 2. The zero-order valence-electron chi connectivity index (χ0n) is 13.7. The van der Waals surface area contributed by atoms with Crippen molar-refractivity contribution in [3.63, 3.8) is 0 Å². The lowest BCUT2D eigenvalue weighted by Crippen LogP contribution is -2.12. The highest BCUT2D eigenvalue weighted by molar-refractivity contribution is 7.17. The summed E-state index contributed by atoms with van der Waals surface area (Å²) in [6.07, 6.45) is 3.39. The van der Waals surface area contributed by atoms with Crippen molar-refractivity contribution in [1.29, 1.82) is 0 Å². The maximum Gasteiger partial charge on any atom is 0.267 e. The molecule has 3 aromatic rings. The molecule has 6 nitrogen and oxygen atoms in total. The minimum absolute atomic E-state index is 0.163. The van der Waals surface area contributed by atoms with Gasteiger partial charge in [-0.15, -0.1) is 11.3 Å². The molecule has 126 valence electrons. The molecule has 0 atom stereocenters. The normalized spacial score (nSPS) is 10.3. The molecule has 0 saturated carbocycles. The highest BCUT2D eigenvalue weighted by Crippen LogP contribution is 2.28. The van der Waals surface area contributed by atoms with Crippen molar-refractivity contribution < 1.29 is 9.59 Å². The van der Waals surface area contributed by atoms with Crippen LogP contribution in [-0.4, -0.2) is 21.8 Å². The van der Waals surface area contributed by atoms with Crippen molar-refractivity contribution >= 4 is 34.5 Å². The van der Waals surface area contributed by atoms with Gasteiger partial charge < -0.3 is 10.6 Å². The number of hydrogen-bond donors (Lipinski definition) is 2. The van der Waals surface area contributed by atoms with E-state index in [1.165, 1.54) is 18.3 Å². The lowest BCUT2D eigenvalue weighted by Gasteiger charge is -2.07. The van der Waals surface area contributed by atoms with Crippen LogP contribution in [0.25, 0.3) is 10.6 Å². The number of thiazole rings is 1. The first-order chi connectivity index (χ1) is 12.0. The Hall–Kier alpha value is -3.06. The van der Waals surface area contributed by atoms with E-state index in [2.05, 4.69) is 20.6 Å². The first kappa shape index (κ1) is 16.8. The topological polar surface area (TPSA) is 84.0 Å². The fourth-order valence-corrected chi connectivity index (χ4v) is 3.26. The van der Waals surface area contributed by atoms with E-state index >= 15 is 0 Å². The van der Waals surface area contributed by atoms with Gasteiger partial charge in [0.25, 0.3) is 5.91 Å². The average Bonchev–Trinajstić information content (AvgIpc) is 2.97. The number of anilines is 2. The van der Waals surface area contributed by atoms with Crippen LogP contribution in [-0.2, 0) is 4.79 Å². The third kappa shape index (κ3) is 4.07. The Morgan fingerprint density at radius 2 is 1.72 bits per heavy atom. The van der Waals surface area contributed by atoms with Crippen molar-refractivity contribution in [1.82, 2.24) is 9.97 Å². The van der Waals surface area contributed by atoms with Gasteiger partial charge in [0.05, 0.1) is 5.69 Å². The van der Waals surface area contributed by atoms with Crippen LogP contribution in [0.1, 0.15) is 22.3 Å². The number of amides is 2. The van der Waals surface area contributed by atoms with Gasteiger partial charge in [-0.3, -0.25) is 14.6 Å². The number of pyridine rings is 1. The molecule has 0 radical (unpaired) electrons. The Kier molecular flexibility index (Phi) is 4.85. The summed E-state index contributed by atoms with van der Waals surface area (Å²) < 4.78 is 0. The van der Waals surface area contributed by atoms with E-state index in [9.17, 15) is 9.59 Å². The number of hydrogen-bond acceptors (Lipinski definition) is 5. The smallest absolute Gasteiger partial charge is 0.267 e. The van der Waals surface area contributed by atoms with Gasteiger partial charge in [-0.2, -0.15) is 0 Å². The average molecular weight is 352 g/mol. The minimum atomic E-state index is -0.227. The van der Waals surface area contributed by atoms with Crippen LogP contribution in [0.5, 0.6) is 0 Å². The number of nitrogens with one attached hydrogen (secondary N) is 2. The SMILES string of the molecule is CC(=O)Nc1cccc(NC(=O)c2sc(-c3ccncc3)nc2C)c1. The highest BCUT2D eigenvalue weighted by Gasteiger charge is 2.16. The fourth-order valence-electron chi connectivity index (χ4n) is 2.29. The lowest BCUT2D eigenvalue weighted by atomic mass is 10.2. The molecule has 0 aliphatic carbocycles. The Labute approximate surface area is 149 Å². The first-order valence-corrected chi connectivity index (χ1v) is 8.41. The molecule has 2 aromatic heterocycles. The predicted molar refractivity (Wildman–Crippen MR) is 98.8 cm³/mol. The maximum atomic E-state index is 12.6. The second-order valence-corrected chi connectivity index (χ2v) is 6.38. The molecule has 0 bridgehead atoms. The predicted octanol–water partition coefficient (Wildman–Crippen LogP) is 3.72. The summed E-state index contributed by atoms with van der Waals surface area (Å²) >= 11 is 1.33. The molecule has 0 fully saturated rings. The molecule has 0 aliphatic heterocycles. The van der Waals surface area contributed by atoms with Gasteiger partial charge in [0.2, 0.25) is 5.91 Å². The molecule has 2 heterocycles. The summed E-state index contributed by atoms with van der Waals surface area (Å²) in [6, 6.07) is 10.7. The van der Waals surface area contributed by atoms with Gasteiger partial charge >= 0.3 is 0 Å². The van der Waals surface area contributed by atoms with Gasteiger partial charge in [-0.25, -0.2) is 4.98 Å². The maximum absolute atomic E-state index is 12.6. The summed E-state index contributed by atoms with van der Waals surface area (Å²) in [7, 11) is 0. The van der Waals surface area contributed by atoms with E-state index in [1.54, 1.807) is 36.7 Å². The van der Waals surface area contributed by atoms with Crippen molar-refractivity contribution in [2.45, 2.75) is 13.8 Å². The number of benzene rings is 1. The molecular formula is C18H16N4O2S. The Balaban J connectivity index is 1.80. The standard InChI is InChI=1S/C18H16N4O2S/c1-11-16(25-18(20-11)13-6-8-19-9-7-13)17(24)22-15-5-3-4-14(10-15)21-12(2)23/h3-10H,1-2H3,(H,21,23)(H,22,24). The van der Waals surface area contributed by atoms with Crippen LogP contribution < -0.4 is 10.6 Å². The summed E-state index contributed by atoms with van der Waals surface area (Å²) in [6.45, 7) is 3.25. The third-order valence-electron chi connectivity index (χ3n) is 3.37. The van der Waals surface area contributed by atoms with Crippen LogP contribution in [0.4, 0.5) is 11.4 Å². The molecule has 0 aliphatic rings. The van der Waals surface area contributed by atoms with Crippen LogP contribution in [0.2, 0.25) is 0 Å². The molecule has 0 saturated heterocycles. The molecule has 2 N–H and O–H groups in total. The van der Waals surface area contributed by atoms with E-state index in [0.29, 0.717) is 21.9 Å². The van der Waals surface area contributed by atoms with Gasteiger partial charge in [0.1, 0.15) is 9.88 Å². The molecule has 25 heavy (non-hydrogen) atoms. The van der Waals surface area contributed by atoms with Crippen LogP contribution in [0, 0.1) is 6.92 Å². The Bertz CT molecular complexity index is 922. The Morgan fingerprint density at radius 1 is 1.04 bits per heavy atom. The molecule has 0 spiro atoms. The van der Waals surface area contributed by atoms with E-state index in [4.69, 9.17) is 0 Å². The number of aryl methyl sites for hydroxylation is 1. The number of nitrogens with zero attached hydrogens (tertiary/aromatic N) is 2. The summed E-state index contributed by atoms with van der Waals surface area (Å²) in [4.78, 5) is 32.7. The first-order valence-electron chi connectivity index (χ1n) is 7.60. The molecular weight excluding hydrogens is 336 g/mol. The number of aromatic nitrogens is 2. The third-order valence-corrected chi connectivity index (χ3v) is 4.58. The summed E-state index contributed by atoms with van der Waals surface area (Å²) in [5.74, 6) is -0.390. The van der Waals surface area contributed by atoms with Crippen molar-refractivity contribution in [3.8, 4) is 10.6 Å². The van der Waals surface area contributed by atoms with E-state index in [0.717, 1.165) is 10.6 Å². The van der Waals surface area contributed by atoms with E-state index in [1.807, 2.05) is 19.1 Å². The van der Waals surface area contributed by atoms with Gasteiger partial charge in [0, 0.05) is 36.3 Å². The second kappa shape index (κ2) is 7.23. The van der Waals surface area contributed by atoms with Crippen molar-refractivity contribution in [2.75, 3.05) is 10.6 Å². The van der Waals surface area contributed by atoms with E-state index in [-0.39, 0.29) is 11.8 Å². The number of rotatable bonds is 4. The fraction of sp³-hybridized carbons (Fsp3) is 0.111. The number of carbonyl (C=O) groups is 2. The zero-order valence-corrected chi connectivity index (χ0v) is 14.6. The quantitative estimate of drug-likeness (QED) is 0.749. The minimum Gasteiger partial charge on any atom is -0.326 e. The van der Waals surface area contributed by atoms with Crippen molar-refractivity contribution in [2.24, 2.45) is 0 Å². The van der Waals surface area contributed by atoms with Crippen LogP contribution in [0.15, 0.2) is 48.8 Å². The van der Waals surface area contributed by atoms with Crippen molar-refractivity contribution in [3.05, 3.63) is 59.4 Å².